The van der Waals surface area contributed by atoms with Gasteiger partial charge in [0.25, 0.3) is 5.91 Å². The van der Waals surface area contributed by atoms with Crippen LogP contribution in [0.4, 0.5) is 5.82 Å². The third-order valence-corrected chi connectivity index (χ3v) is 5.52. The Hall–Kier alpha value is -4.18. The number of anilines is 1. The molecule has 0 bridgehead atoms. The van der Waals surface area contributed by atoms with Crippen molar-refractivity contribution in [3.8, 4) is 17.6 Å². The van der Waals surface area contributed by atoms with Crippen LogP contribution in [0.5, 0.6) is 5.75 Å². The van der Waals surface area contributed by atoms with Crippen LogP contribution in [0, 0.1) is 32.1 Å². The van der Waals surface area contributed by atoms with Gasteiger partial charge >= 0.3 is 0 Å². The van der Waals surface area contributed by atoms with E-state index in [2.05, 4.69) is 35.5 Å². The number of carbonyl (C=O) groups excluding carboxylic acids is 1. The summed E-state index contributed by atoms with van der Waals surface area (Å²) in [5.74, 6) is 1.08. The Morgan fingerprint density at radius 3 is 2.70 bits per heavy atom. The highest BCUT2D eigenvalue weighted by molar-refractivity contribution is 5.93. The molecule has 166 valence electrons. The van der Waals surface area contributed by atoms with E-state index in [1.54, 1.807) is 0 Å². The number of pyridine rings is 1. The van der Waals surface area contributed by atoms with Crippen LogP contribution < -0.4 is 10.1 Å². The lowest BCUT2D eigenvalue weighted by atomic mass is 10.0. The lowest BCUT2D eigenvalue weighted by Gasteiger charge is -2.13. The second kappa shape index (κ2) is 9.13. The van der Waals surface area contributed by atoms with E-state index in [-0.39, 0.29) is 23.9 Å². The summed E-state index contributed by atoms with van der Waals surface area (Å²) < 4.78 is 7.21. The first kappa shape index (κ1) is 22.0. The number of hydrogen-bond acceptors (Lipinski definition) is 5. The van der Waals surface area contributed by atoms with Crippen LogP contribution in [-0.2, 0) is 11.2 Å². The number of aryl methyl sites for hydroxylation is 4. The van der Waals surface area contributed by atoms with Crippen LogP contribution in [0.25, 0.3) is 16.7 Å². The molecular formula is C26H25N5O2. The van der Waals surface area contributed by atoms with Crippen molar-refractivity contribution in [3.63, 3.8) is 0 Å². The van der Waals surface area contributed by atoms with Crippen LogP contribution in [0.1, 0.15) is 34.7 Å². The number of benzene rings is 2. The number of carbonyl (C=O) groups is 1. The average molecular weight is 440 g/mol. The monoisotopic (exact) mass is 439 g/mol. The summed E-state index contributed by atoms with van der Waals surface area (Å²) >= 11 is 0. The fourth-order valence-corrected chi connectivity index (χ4v) is 3.91. The number of amides is 1. The highest BCUT2D eigenvalue weighted by Gasteiger charge is 2.18. The summed E-state index contributed by atoms with van der Waals surface area (Å²) in [6, 6.07) is 15.8. The van der Waals surface area contributed by atoms with Crippen molar-refractivity contribution in [1.29, 1.82) is 5.26 Å². The number of rotatable bonds is 6. The van der Waals surface area contributed by atoms with E-state index in [1.807, 2.05) is 51.1 Å². The van der Waals surface area contributed by atoms with Crippen molar-refractivity contribution < 1.29 is 9.53 Å². The zero-order valence-corrected chi connectivity index (χ0v) is 19.1. The Morgan fingerprint density at radius 2 is 1.94 bits per heavy atom. The zero-order chi connectivity index (χ0) is 23.5. The smallest absolute Gasteiger partial charge is 0.263 e. The van der Waals surface area contributed by atoms with Gasteiger partial charge in [0.15, 0.2) is 18.2 Å². The molecule has 33 heavy (non-hydrogen) atoms. The van der Waals surface area contributed by atoms with E-state index in [9.17, 15) is 10.1 Å². The molecule has 4 rings (SSSR count). The molecule has 0 saturated heterocycles. The number of nitriles is 1. The molecule has 2 aromatic heterocycles. The molecule has 0 aliphatic carbocycles. The zero-order valence-electron chi connectivity index (χ0n) is 19.1. The van der Waals surface area contributed by atoms with E-state index < -0.39 is 0 Å². The Balaban J connectivity index is 1.64. The van der Waals surface area contributed by atoms with E-state index in [1.165, 1.54) is 16.4 Å². The average Bonchev–Trinajstić information content (AvgIpc) is 3.20. The molecule has 7 heteroatoms. The van der Waals surface area contributed by atoms with E-state index >= 15 is 0 Å². The molecular weight excluding hydrogens is 414 g/mol. The maximum atomic E-state index is 12.7. The first-order valence-electron chi connectivity index (χ1n) is 10.8. The summed E-state index contributed by atoms with van der Waals surface area (Å²) in [4.78, 5) is 17.5. The van der Waals surface area contributed by atoms with Crippen molar-refractivity contribution >= 4 is 22.6 Å². The van der Waals surface area contributed by atoms with Gasteiger partial charge in [-0.05, 0) is 62.1 Å². The minimum atomic E-state index is -0.386. The summed E-state index contributed by atoms with van der Waals surface area (Å²) in [7, 11) is 0. The summed E-state index contributed by atoms with van der Waals surface area (Å²) in [5.41, 5.74) is 5.39. The predicted octanol–water partition coefficient (Wildman–Crippen LogP) is 4.80. The molecule has 0 spiro atoms. The lowest BCUT2D eigenvalue weighted by Crippen LogP contribution is -2.23. The Labute approximate surface area is 192 Å². The molecule has 0 radical (unpaired) electrons. The van der Waals surface area contributed by atoms with Gasteiger partial charge in [-0.15, -0.1) is 0 Å². The van der Waals surface area contributed by atoms with Gasteiger partial charge in [0.2, 0.25) is 0 Å². The van der Waals surface area contributed by atoms with Gasteiger partial charge in [-0.25, -0.2) is 4.98 Å². The molecule has 2 heterocycles. The molecule has 2 aromatic carbocycles. The highest BCUT2D eigenvalue weighted by Crippen LogP contribution is 2.26. The number of nitrogens with one attached hydrogen (secondary N) is 1. The first-order chi connectivity index (χ1) is 15.9. The van der Waals surface area contributed by atoms with Crippen LogP contribution in [0.2, 0.25) is 0 Å². The van der Waals surface area contributed by atoms with E-state index in [4.69, 9.17) is 9.72 Å². The fourth-order valence-electron chi connectivity index (χ4n) is 3.91. The normalized spacial score (nSPS) is 10.8. The second-order valence-electron chi connectivity index (χ2n) is 8.00. The maximum absolute atomic E-state index is 12.7. The third kappa shape index (κ3) is 4.41. The molecule has 0 aliphatic rings. The molecule has 4 aromatic rings. The lowest BCUT2D eigenvalue weighted by molar-refractivity contribution is -0.118. The Bertz CT molecular complexity index is 1400. The molecule has 0 unspecified atom stereocenters. The maximum Gasteiger partial charge on any atom is 0.263 e. The quantitative estimate of drug-likeness (QED) is 0.466. The third-order valence-electron chi connectivity index (χ3n) is 5.52. The number of nitrogens with zero attached hydrogens (tertiary/aromatic N) is 4. The van der Waals surface area contributed by atoms with Gasteiger partial charge in [-0.3, -0.25) is 4.79 Å². The minimum Gasteiger partial charge on any atom is -0.483 e. The summed E-state index contributed by atoms with van der Waals surface area (Å²) in [5, 5.41) is 17.7. The van der Waals surface area contributed by atoms with Gasteiger partial charge in [0.1, 0.15) is 17.4 Å². The molecule has 0 fully saturated rings. The fraction of sp³-hybridized carbons (Fsp3) is 0.231. The highest BCUT2D eigenvalue weighted by atomic mass is 16.5. The predicted molar refractivity (Wildman–Crippen MR) is 128 cm³/mol. The standard InChI is InChI=1S/C26H25N5O2/c1-5-19-8-6-7-9-22(19)33-15-24(32)30-26-20(13-27)14-28-31(26)23-12-17(3)21-11-16(2)10-18(4)25(21)29-23/h6-12,14H,5,15H2,1-4H3,(H,30,32). The molecule has 1 N–H and O–H groups in total. The van der Waals surface area contributed by atoms with Crippen molar-refractivity contribution in [2.45, 2.75) is 34.1 Å². The molecule has 1 amide bonds. The number of fused-ring (bicyclic) bond motifs is 1. The van der Waals surface area contributed by atoms with E-state index in [0.717, 1.165) is 34.0 Å². The van der Waals surface area contributed by atoms with Gasteiger partial charge in [0.05, 0.1) is 11.7 Å². The van der Waals surface area contributed by atoms with Crippen LogP contribution in [-0.4, -0.2) is 27.3 Å². The number of aromatic nitrogens is 3. The van der Waals surface area contributed by atoms with Crippen LogP contribution in [0.15, 0.2) is 48.7 Å². The van der Waals surface area contributed by atoms with Gasteiger partial charge in [-0.2, -0.15) is 15.0 Å². The first-order valence-corrected chi connectivity index (χ1v) is 10.8. The van der Waals surface area contributed by atoms with Crippen LogP contribution in [0.3, 0.4) is 0 Å². The summed E-state index contributed by atoms with van der Waals surface area (Å²) in [6.07, 6.45) is 2.22. The van der Waals surface area contributed by atoms with Gasteiger partial charge in [-0.1, -0.05) is 36.8 Å². The number of ether oxygens (including phenoxy) is 1. The van der Waals surface area contributed by atoms with Gasteiger partial charge < -0.3 is 10.1 Å². The van der Waals surface area contributed by atoms with Crippen molar-refractivity contribution in [2.75, 3.05) is 11.9 Å². The largest absolute Gasteiger partial charge is 0.483 e. The molecule has 0 aliphatic heterocycles. The van der Waals surface area contributed by atoms with Crippen LogP contribution >= 0.6 is 0 Å². The summed E-state index contributed by atoms with van der Waals surface area (Å²) in [6.45, 7) is 7.93. The van der Waals surface area contributed by atoms with Gasteiger partial charge in [0, 0.05) is 5.39 Å². The molecule has 0 saturated carbocycles. The number of para-hydroxylation sites is 1. The second-order valence-corrected chi connectivity index (χ2v) is 8.00. The number of hydrogen-bond donors (Lipinski definition) is 1. The Morgan fingerprint density at radius 1 is 1.15 bits per heavy atom. The Kier molecular flexibility index (Phi) is 6.09. The topological polar surface area (TPSA) is 92.8 Å². The van der Waals surface area contributed by atoms with Crippen molar-refractivity contribution in [2.24, 2.45) is 0 Å². The van der Waals surface area contributed by atoms with Crippen molar-refractivity contribution in [3.05, 3.63) is 76.5 Å². The SMILES string of the molecule is CCc1ccccc1OCC(=O)Nc1c(C#N)cnn1-c1cc(C)c2cc(C)cc(C)c2n1. The van der Waals surface area contributed by atoms with Crippen molar-refractivity contribution in [1.82, 2.24) is 14.8 Å². The molecule has 0 atom stereocenters. The van der Waals surface area contributed by atoms with E-state index in [0.29, 0.717) is 11.6 Å². The minimum absolute atomic E-state index is 0.185. The molecule has 7 nitrogen and oxygen atoms in total.